The zero-order valence-corrected chi connectivity index (χ0v) is 11.4. The van der Waals surface area contributed by atoms with E-state index in [4.69, 9.17) is 4.74 Å². The molecule has 1 aliphatic heterocycles. The molecule has 3 N–H and O–H groups in total. The molecule has 1 aliphatic carbocycles. The number of aromatic amines is 2. The summed E-state index contributed by atoms with van der Waals surface area (Å²) in [5.41, 5.74) is -0.394. The third-order valence-electron chi connectivity index (χ3n) is 4.22. The number of nitrogens with one attached hydrogen (secondary N) is 3. The number of amides is 1. The van der Waals surface area contributed by atoms with Crippen molar-refractivity contribution in [1.29, 1.82) is 0 Å². The number of rotatable bonds is 3. The second-order valence-electron chi connectivity index (χ2n) is 5.82. The van der Waals surface area contributed by atoms with E-state index in [0.717, 1.165) is 19.3 Å². The van der Waals surface area contributed by atoms with Crippen molar-refractivity contribution in [3.63, 3.8) is 0 Å². The molecule has 1 saturated carbocycles. The Labute approximate surface area is 116 Å². The van der Waals surface area contributed by atoms with Gasteiger partial charge in [-0.3, -0.25) is 9.78 Å². The summed E-state index contributed by atoms with van der Waals surface area (Å²) in [5, 5.41) is 8.95. The first-order valence-electron chi connectivity index (χ1n) is 7.22. The van der Waals surface area contributed by atoms with Crippen molar-refractivity contribution in [2.75, 3.05) is 6.61 Å². The van der Waals surface area contributed by atoms with E-state index in [1.165, 1.54) is 19.3 Å². The van der Waals surface area contributed by atoms with Gasteiger partial charge in [0.25, 0.3) is 0 Å². The Balaban J connectivity index is 1.51. The average Bonchev–Trinajstić information content (AvgIpc) is 2.98. The molecule has 2 fully saturated rings. The standard InChI is InChI=1S/C13H20N4O3/c18-11(6-10-15-12(19)17-16-10)14-9-7-13(20-8-9)4-2-1-3-5-13/h9H,1-8H2,(H,14,18)(H2,15,16,17,19). The van der Waals surface area contributed by atoms with Crippen LogP contribution in [0.3, 0.4) is 0 Å². The zero-order chi connectivity index (χ0) is 14.0. The van der Waals surface area contributed by atoms with Gasteiger partial charge in [0.1, 0.15) is 5.82 Å². The van der Waals surface area contributed by atoms with Crippen LogP contribution in [0.4, 0.5) is 0 Å². The largest absolute Gasteiger partial charge is 0.373 e. The highest BCUT2D eigenvalue weighted by atomic mass is 16.5. The number of ether oxygens (including phenoxy) is 1. The third kappa shape index (κ3) is 2.92. The van der Waals surface area contributed by atoms with Gasteiger partial charge in [-0.05, 0) is 19.3 Å². The summed E-state index contributed by atoms with van der Waals surface area (Å²) < 4.78 is 5.95. The van der Waals surface area contributed by atoms with Gasteiger partial charge < -0.3 is 10.1 Å². The number of aromatic nitrogens is 3. The van der Waals surface area contributed by atoms with Gasteiger partial charge >= 0.3 is 5.69 Å². The number of carbonyl (C=O) groups is 1. The molecule has 1 saturated heterocycles. The summed E-state index contributed by atoms with van der Waals surface area (Å²) in [6.07, 6.45) is 6.91. The molecule has 1 aromatic heterocycles. The van der Waals surface area contributed by atoms with Crippen LogP contribution in [-0.4, -0.2) is 39.3 Å². The van der Waals surface area contributed by atoms with Crippen molar-refractivity contribution in [1.82, 2.24) is 20.5 Å². The van der Waals surface area contributed by atoms with Crippen molar-refractivity contribution >= 4 is 5.91 Å². The smallest absolute Gasteiger partial charge is 0.340 e. The Morgan fingerprint density at radius 3 is 2.90 bits per heavy atom. The molecule has 1 unspecified atom stereocenters. The Hall–Kier alpha value is -1.63. The van der Waals surface area contributed by atoms with Crippen molar-refractivity contribution in [2.24, 2.45) is 0 Å². The van der Waals surface area contributed by atoms with Crippen LogP contribution in [0.2, 0.25) is 0 Å². The molecule has 1 aromatic rings. The molecule has 0 aromatic carbocycles. The maximum absolute atomic E-state index is 11.9. The molecule has 3 rings (SSSR count). The van der Waals surface area contributed by atoms with E-state index in [0.29, 0.717) is 12.4 Å². The van der Waals surface area contributed by atoms with Crippen LogP contribution in [0.15, 0.2) is 4.79 Å². The summed E-state index contributed by atoms with van der Waals surface area (Å²) >= 11 is 0. The van der Waals surface area contributed by atoms with Gasteiger partial charge in [0, 0.05) is 0 Å². The Kier molecular flexibility index (Phi) is 3.60. The molecule has 2 heterocycles. The molecule has 7 nitrogen and oxygen atoms in total. The molecule has 1 amide bonds. The number of hydrogen-bond donors (Lipinski definition) is 3. The van der Waals surface area contributed by atoms with E-state index in [9.17, 15) is 9.59 Å². The van der Waals surface area contributed by atoms with Crippen molar-refractivity contribution < 1.29 is 9.53 Å². The van der Waals surface area contributed by atoms with Crippen LogP contribution in [-0.2, 0) is 16.0 Å². The summed E-state index contributed by atoms with van der Waals surface area (Å²) in [6, 6.07) is 0.0752. The molecule has 110 valence electrons. The lowest BCUT2D eigenvalue weighted by atomic mass is 9.82. The summed E-state index contributed by atoms with van der Waals surface area (Å²) in [6.45, 7) is 0.586. The van der Waals surface area contributed by atoms with Crippen LogP contribution in [0.25, 0.3) is 0 Å². The van der Waals surface area contributed by atoms with Gasteiger partial charge in [0.05, 0.1) is 24.7 Å². The van der Waals surface area contributed by atoms with Gasteiger partial charge in [-0.1, -0.05) is 19.3 Å². The maximum atomic E-state index is 11.9. The summed E-state index contributed by atoms with van der Waals surface area (Å²) in [5.74, 6) is 0.230. The molecule has 2 aliphatic rings. The number of nitrogens with zero attached hydrogens (tertiary/aromatic N) is 1. The molecule has 20 heavy (non-hydrogen) atoms. The Morgan fingerprint density at radius 1 is 1.40 bits per heavy atom. The van der Waals surface area contributed by atoms with E-state index in [2.05, 4.69) is 20.5 Å². The maximum Gasteiger partial charge on any atom is 0.340 e. The highest BCUT2D eigenvalue weighted by Gasteiger charge is 2.41. The van der Waals surface area contributed by atoms with Crippen LogP contribution in [0, 0.1) is 0 Å². The average molecular weight is 280 g/mol. The normalized spacial score (nSPS) is 24.9. The number of carbonyl (C=O) groups excluding carboxylic acids is 1. The number of hydrogen-bond acceptors (Lipinski definition) is 4. The van der Waals surface area contributed by atoms with Crippen LogP contribution >= 0.6 is 0 Å². The molecule has 1 spiro atoms. The lowest BCUT2D eigenvalue weighted by Crippen LogP contribution is -2.38. The minimum absolute atomic E-state index is 0.00313. The van der Waals surface area contributed by atoms with Gasteiger partial charge in [0.2, 0.25) is 5.91 Å². The SMILES string of the molecule is O=C(Cc1n[nH]c(=O)[nH]1)NC1COC2(CCCCC2)C1. The topological polar surface area (TPSA) is 99.9 Å². The van der Waals surface area contributed by atoms with E-state index in [1.54, 1.807) is 0 Å². The van der Waals surface area contributed by atoms with E-state index < -0.39 is 5.69 Å². The molecule has 1 atom stereocenters. The van der Waals surface area contributed by atoms with Crippen LogP contribution < -0.4 is 11.0 Å². The predicted octanol–water partition coefficient (Wildman–Crippen LogP) is 0.248. The molecule has 0 bridgehead atoms. The number of H-pyrrole nitrogens is 2. The monoisotopic (exact) mass is 280 g/mol. The van der Waals surface area contributed by atoms with Crippen molar-refractivity contribution in [3.8, 4) is 0 Å². The van der Waals surface area contributed by atoms with E-state index in [1.807, 2.05) is 0 Å². The predicted molar refractivity (Wildman–Crippen MR) is 71.2 cm³/mol. The zero-order valence-electron chi connectivity index (χ0n) is 11.4. The molecular formula is C13H20N4O3. The van der Waals surface area contributed by atoms with Crippen molar-refractivity contribution in [3.05, 3.63) is 16.3 Å². The van der Waals surface area contributed by atoms with Crippen LogP contribution in [0.1, 0.15) is 44.3 Å². The van der Waals surface area contributed by atoms with Gasteiger partial charge in [0.15, 0.2) is 0 Å². The summed E-state index contributed by atoms with van der Waals surface area (Å²) in [7, 11) is 0. The van der Waals surface area contributed by atoms with Crippen LogP contribution in [0.5, 0.6) is 0 Å². The quantitative estimate of drug-likeness (QED) is 0.739. The van der Waals surface area contributed by atoms with Crippen molar-refractivity contribution in [2.45, 2.75) is 56.6 Å². The first-order chi connectivity index (χ1) is 9.65. The highest BCUT2D eigenvalue weighted by molar-refractivity contribution is 5.78. The fraction of sp³-hybridized carbons (Fsp3) is 0.769. The minimum Gasteiger partial charge on any atom is -0.373 e. The van der Waals surface area contributed by atoms with Gasteiger partial charge in [-0.25, -0.2) is 9.89 Å². The Bertz CT molecular complexity index is 530. The fourth-order valence-electron chi connectivity index (χ4n) is 3.30. The molecule has 7 heteroatoms. The molecule has 0 radical (unpaired) electrons. The summed E-state index contributed by atoms with van der Waals surface area (Å²) in [4.78, 5) is 25.3. The van der Waals surface area contributed by atoms with E-state index >= 15 is 0 Å². The van der Waals surface area contributed by atoms with Gasteiger partial charge in [-0.15, -0.1) is 0 Å². The first kappa shape index (κ1) is 13.4. The first-order valence-corrected chi connectivity index (χ1v) is 7.22. The second kappa shape index (κ2) is 5.40. The lowest BCUT2D eigenvalue weighted by Gasteiger charge is -2.32. The van der Waals surface area contributed by atoms with Gasteiger partial charge in [-0.2, -0.15) is 5.10 Å². The fourth-order valence-corrected chi connectivity index (χ4v) is 3.30. The Morgan fingerprint density at radius 2 is 2.20 bits per heavy atom. The third-order valence-corrected chi connectivity index (χ3v) is 4.22. The van der Waals surface area contributed by atoms with E-state index in [-0.39, 0.29) is 24.0 Å². The second-order valence-corrected chi connectivity index (χ2v) is 5.82. The highest BCUT2D eigenvalue weighted by Crippen LogP contribution is 2.39. The molecular weight excluding hydrogens is 260 g/mol. The minimum atomic E-state index is -0.391. The lowest BCUT2D eigenvalue weighted by molar-refractivity contribution is -0.121.